The Morgan fingerprint density at radius 1 is 0.412 bits per heavy atom. The molecule has 0 bridgehead atoms. The maximum atomic E-state index is 12.5. The molecule has 0 aliphatic carbocycles. The highest BCUT2D eigenvalue weighted by Gasteiger charge is 2.34. The van der Waals surface area contributed by atoms with Crippen molar-refractivity contribution in [2.24, 2.45) is 0 Å². The molecule has 4 nitrogen and oxygen atoms in total. The van der Waals surface area contributed by atoms with Crippen LogP contribution < -0.4 is 0 Å². The van der Waals surface area contributed by atoms with E-state index in [1.54, 1.807) is 22.7 Å². The maximum absolute atomic E-state index is 12.5. The van der Waals surface area contributed by atoms with Gasteiger partial charge in [0.1, 0.15) is 6.07 Å². The molecule has 0 aliphatic rings. The summed E-state index contributed by atoms with van der Waals surface area (Å²) in [6, 6.07) is 77.6. The van der Waals surface area contributed by atoms with Crippen molar-refractivity contribution in [1.29, 1.82) is 5.26 Å². The second-order valence-electron chi connectivity index (χ2n) is 20.0. The van der Waals surface area contributed by atoms with Crippen molar-refractivity contribution in [2.75, 3.05) is 0 Å². The summed E-state index contributed by atoms with van der Waals surface area (Å²) < 4.78 is 53.2. The fraction of sp³-hybridized carbons (Fsp3) is 0. The zero-order valence-electron chi connectivity index (χ0n) is 47.5. The van der Waals surface area contributed by atoms with Crippen LogP contribution in [-0.4, -0.2) is 9.13 Å². The summed E-state index contributed by atoms with van der Waals surface area (Å²) in [4.78, 5) is 4.59. The molecule has 0 amide bonds. The first-order valence-corrected chi connectivity index (χ1v) is 28.0. The molecule has 0 radical (unpaired) electrons. The first kappa shape index (κ1) is 40.9. The molecule has 0 aliphatic heterocycles. The molecule has 6 heteroatoms. The number of aromatic nitrogens is 2. The van der Waals surface area contributed by atoms with E-state index >= 15 is 0 Å². The normalized spacial score (nSPS) is 12.6. The van der Waals surface area contributed by atoms with Crippen molar-refractivity contribution >= 4 is 112 Å². The van der Waals surface area contributed by atoms with Crippen LogP contribution in [0.25, 0.3) is 156 Å². The third kappa shape index (κ3) is 6.71. The fourth-order valence-corrected chi connectivity index (χ4v) is 15.1. The molecule has 16 aromatic rings. The second kappa shape index (κ2) is 18.1. The summed E-state index contributed by atoms with van der Waals surface area (Å²) in [6.07, 6.45) is 0. The quantitative estimate of drug-likeness (QED) is 0.147. The van der Waals surface area contributed by atoms with Crippen LogP contribution in [0, 0.1) is 17.9 Å². The highest BCUT2D eigenvalue weighted by Crippen LogP contribution is 2.57. The minimum absolute atomic E-state index is 0.0682. The van der Waals surface area contributed by atoms with Crippen molar-refractivity contribution in [3.05, 3.63) is 272 Å². The van der Waals surface area contributed by atoms with E-state index in [4.69, 9.17) is 4.11 Å². The Kier molecular flexibility index (Phi) is 9.26. The van der Waals surface area contributed by atoms with Crippen LogP contribution in [0.2, 0.25) is 0 Å². The molecule has 0 N–H and O–H groups in total. The Hall–Kier alpha value is -10.3. The standard InChI is InChI=1S/C74H42N4S2/c1-76-68-64(48-29-13-5-14-30-48)59(44-75)69(65(49-31-15-6-16-32-49)72(68)77-60-36-20-17-33-51(60)52-40-39-50(41-61(52)77)45-23-7-2-8-24-45)78-70-57(42-55(46-25-9-3-10-26-46)66-53-34-18-21-37-62(53)79-73(66)70)58-43-56(47-27-11-4-12-28-47)67-54-35-19-22-38-63(54)80-74(67)71(58)78/h2-43H/i2D,7D,8D,23D,24D. The lowest BCUT2D eigenvalue weighted by Crippen LogP contribution is -2.09. The number of thiophene rings is 2. The molecule has 80 heavy (non-hydrogen) atoms. The van der Waals surface area contributed by atoms with Crippen LogP contribution in [0.4, 0.5) is 5.69 Å². The molecule has 12 aromatic carbocycles. The lowest BCUT2D eigenvalue weighted by Gasteiger charge is -2.26. The Balaban J connectivity index is 1.20. The smallest absolute Gasteiger partial charge is 0.220 e. The molecule has 0 atom stereocenters. The van der Waals surface area contributed by atoms with Gasteiger partial charge in [0.2, 0.25) is 5.69 Å². The van der Waals surface area contributed by atoms with Crippen LogP contribution in [0.5, 0.6) is 0 Å². The third-order valence-corrected chi connectivity index (χ3v) is 18.2. The SMILES string of the molecule is [2H]c1c([2H])c([2H])c(-c2ccc3c4ccccc4n(-c4c([N+]#[C-])c(-c5ccccc5)c(C#N)c(-n5c6c(cc(-c7ccccc7)c7c8ccccc8sc76)c6cc(-c7ccccc7)c7c8ccccc8sc7c65)c4-c4ccccc4)c3c2)c([2H])c1[2H]. The van der Waals surface area contributed by atoms with Gasteiger partial charge >= 0.3 is 0 Å². The van der Waals surface area contributed by atoms with Gasteiger partial charge in [0.05, 0.1) is 61.8 Å². The third-order valence-electron chi connectivity index (χ3n) is 15.8. The first-order valence-electron chi connectivity index (χ1n) is 28.8. The summed E-state index contributed by atoms with van der Waals surface area (Å²) in [5.74, 6) is 0. The molecule has 0 saturated carbocycles. The Morgan fingerprint density at radius 3 is 1.43 bits per heavy atom. The average Bonchev–Trinajstić information content (AvgIpc) is 1.58. The topological polar surface area (TPSA) is 38.0 Å². The molecule has 0 fully saturated rings. The highest BCUT2D eigenvalue weighted by molar-refractivity contribution is 7.27. The second-order valence-corrected chi connectivity index (χ2v) is 22.1. The highest BCUT2D eigenvalue weighted by atomic mass is 32.1. The summed E-state index contributed by atoms with van der Waals surface area (Å²) in [5, 5.41) is 20.7. The molecule has 16 rings (SSSR count). The van der Waals surface area contributed by atoms with Crippen LogP contribution in [0.3, 0.4) is 0 Å². The Bertz CT molecular complexity index is 5420. The van der Waals surface area contributed by atoms with Gasteiger partial charge in [0.15, 0.2) is 0 Å². The van der Waals surface area contributed by atoms with E-state index in [1.807, 2.05) is 84.9 Å². The van der Waals surface area contributed by atoms with Crippen LogP contribution >= 0.6 is 22.7 Å². The van der Waals surface area contributed by atoms with Crippen molar-refractivity contribution in [1.82, 2.24) is 9.13 Å². The molecular weight excluding hydrogens is 1010 g/mol. The molecular formula is C74H42N4S2. The van der Waals surface area contributed by atoms with Gasteiger partial charge in [-0.1, -0.05) is 218 Å². The number of fused-ring (bicyclic) bond motifs is 14. The van der Waals surface area contributed by atoms with Gasteiger partial charge < -0.3 is 9.13 Å². The number of hydrogen-bond acceptors (Lipinski definition) is 3. The number of hydrogen-bond donors (Lipinski definition) is 0. The number of benzene rings is 12. The summed E-state index contributed by atoms with van der Waals surface area (Å²) in [7, 11) is 0. The van der Waals surface area contributed by atoms with Crippen molar-refractivity contribution in [3.63, 3.8) is 0 Å². The van der Waals surface area contributed by atoms with Gasteiger partial charge in [0.25, 0.3) is 0 Å². The van der Waals surface area contributed by atoms with Crippen molar-refractivity contribution < 1.29 is 6.85 Å². The van der Waals surface area contributed by atoms with E-state index in [-0.39, 0.29) is 23.3 Å². The lowest BCUT2D eigenvalue weighted by molar-refractivity contribution is 1.14. The summed E-state index contributed by atoms with van der Waals surface area (Å²) >= 11 is 3.49. The van der Waals surface area contributed by atoms with Crippen molar-refractivity contribution in [2.45, 2.75) is 0 Å². The molecule has 4 heterocycles. The Morgan fingerprint density at radius 2 is 0.887 bits per heavy atom. The number of para-hydroxylation sites is 1. The monoisotopic (exact) mass is 1060 g/mol. The van der Waals surface area contributed by atoms with Gasteiger partial charge in [-0.3, -0.25) is 0 Å². The molecule has 4 aromatic heterocycles. The molecule has 0 saturated heterocycles. The van der Waals surface area contributed by atoms with Crippen LogP contribution in [0.1, 0.15) is 12.4 Å². The van der Waals surface area contributed by atoms with E-state index in [0.717, 1.165) is 106 Å². The minimum Gasteiger partial charge on any atom is -0.318 e. The fourth-order valence-electron chi connectivity index (χ4n) is 12.5. The number of nitrogens with zero attached hydrogens (tertiary/aromatic N) is 4. The van der Waals surface area contributed by atoms with Crippen LogP contribution in [-0.2, 0) is 0 Å². The predicted molar refractivity (Wildman–Crippen MR) is 339 cm³/mol. The Labute approximate surface area is 475 Å². The lowest BCUT2D eigenvalue weighted by atomic mass is 9.88. The minimum atomic E-state index is -0.472. The van der Waals surface area contributed by atoms with Crippen molar-refractivity contribution in [3.8, 4) is 73.1 Å². The van der Waals surface area contributed by atoms with E-state index in [9.17, 15) is 14.6 Å². The van der Waals surface area contributed by atoms with Gasteiger partial charge in [-0.05, 0) is 80.9 Å². The summed E-state index contributed by atoms with van der Waals surface area (Å²) in [6.45, 7) is 9.57. The number of nitriles is 1. The van der Waals surface area contributed by atoms with E-state index < -0.39 is 18.1 Å². The van der Waals surface area contributed by atoms with E-state index in [0.29, 0.717) is 44.7 Å². The summed E-state index contributed by atoms with van der Waals surface area (Å²) in [5.41, 5.74) is 12.3. The number of rotatable bonds is 7. The van der Waals surface area contributed by atoms with Gasteiger partial charge in [-0.2, -0.15) is 5.26 Å². The first-order chi connectivity index (χ1) is 41.7. The van der Waals surface area contributed by atoms with Crippen LogP contribution in [0.15, 0.2) is 255 Å². The van der Waals surface area contributed by atoms with E-state index in [1.165, 1.54) is 0 Å². The maximum Gasteiger partial charge on any atom is 0.220 e. The molecule has 370 valence electrons. The average molecular weight is 1060 g/mol. The zero-order chi connectivity index (χ0) is 57.4. The zero-order valence-corrected chi connectivity index (χ0v) is 44.1. The predicted octanol–water partition coefficient (Wildman–Crippen LogP) is 21.4. The molecule has 0 unspecified atom stereocenters. The van der Waals surface area contributed by atoms with Gasteiger partial charge in [-0.25, -0.2) is 4.85 Å². The van der Waals surface area contributed by atoms with E-state index in [2.05, 4.69) is 160 Å². The largest absolute Gasteiger partial charge is 0.318 e. The molecule has 0 spiro atoms. The van der Waals surface area contributed by atoms with Gasteiger partial charge in [-0.15, -0.1) is 22.7 Å². The van der Waals surface area contributed by atoms with Gasteiger partial charge in [0, 0.05) is 63.6 Å².